The van der Waals surface area contributed by atoms with Gasteiger partial charge in [0.05, 0.1) is 22.3 Å². The van der Waals surface area contributed by atoms with Crippen molar-refractivity contribution in [2.24, 2.45) is 5.92 Å². The third kappa shape index (κ3) is 7.32. The Kier molecular flexibility index (Phi) is 10.2. The monoisotopic (exact) mass is 602 g/mol. The Bertz CT molecular complexity index is 1700. The lowest BCUT2D eigenvalue weighted by atomic mass is 9.96. The van der Waals surface area contributed by atoms with E-state index in [4.69, 9.17) is 0 Å². The van der Waals surface area contributed by atoms with Crippen molar-refractivity contribution < 1.29 is 24.0 Å². The molecule has 0 fully saturated rings. The number of imide groups is 2. The quantitative estimate of drug-likeness (QED) is 0.180. The zero-order valence-corrected chi connectivity index (χ0v) is 26.5. The van der Waals surface area contributed by atoms with Crippen LogP contribution in [-0.2, 0) is 6.42 Å². The summed E-state index contributed by atoms with van der Waals surface area (Å²) in [5.41, 5.74) is 4.09. The van der Waals surface area contributed by atoms with E-state index in [2.05, 4.69) is 81.4 Å². The molecule has 0 unspecified atom stereocenters. The summed E-state index contributed by atoms with van der Waals surface area (Å²) in [6.07, 6.45) is 1.03. The molecule has 2 aliphatic heterocycles. The van der Waals surface area contributed by atoms with Gasteiger partial charge in [0, 0.05) is 24.2 Å². The van der Waals surface area contributed by atoms with Crippen molar-refractivity contribution in [3.05, 3.63) is 142 Å². The van der Waals surface area contributed by atoms with E-state index in [-0.39, 0.29) is 45.3 Å². The van der Waals surface area contributed by atoms with Crippen LogP contribution in [0.25, 0.3) is 0 Å². The van der Waals surface area contributed by atoms with Crippen LogP contribution >= 0.6 is 0 Å². The summed E-state index contributed by atoms with van der Waals surface area (Å²) in [5, 5.41) is 0. The van der Waals surface area contributed by atoms with Crippen LogP contribution in [-0.4, -0.2) is 52.3 Å². The molecule has 0 aromatic heterocycles. The van der Waals surface area contributed by atoms with Crippen molar-refractivity contribution in [2.45, 2.75) is 47.1 Å². The highest BCUT2D eigenvalue weighted by Gasteiger charge is 2.38. The fraction of sp³-hybridized carbons (Fsp3) is 0.237. The number of nitrogens with zero attached hydrogens (tertiary/aromatic N) is 2. The van der Waals surface area contributed by atoms with Crippen LogP contribution in [0, 0.1) is 5.92 Å². The predicted molar refractivity (Wildman–Crippen MR) is 175 cm³/mol. The Balaban J connectivity index is 0.000000224. The molecule has 4 aromatic carbocycles. The van der Waals surface area contributed by atoms with Crippen LogP contribution in [0.4, 0.5) is 0 Å². The third-order valence-corrected chi connectivity index (χ3v) is 7.14. The second-order valence-corrected chi connectivity index (χ2v) is 12.0. The second kappa shape index (κ2) is 14.1. The van der Waals surface area contributed by atoms with Gasteiger partial charge in [-0.2, -0.15) is 0 Å². The molecule has 7 heteroatoms. The highest BCUT2D eigenvalue weighted by Crippen LogP contribution is 2.28. The first-order valence-corrected chi connectivity index (χ1v) is 15.0. The standard InChI is InChI=1S/C21H16N2O5.C13H12.C4H10/c1-10(2)23-20(27)14-7-5-12(9-16(14)21(23)28)17(24)11-4-6-13-15(8-11)19(26)22(3)18(13)25;1-3-7-12(8-4-1)11-13-9-5-2-6-10-13;1-4(2)3/h4-10H,1-3H3;1-10H,11H2;4H,1-3H3. The molecule has 0 saturated heterocycles. The molecule has 7 nitrogen and oxygen atoms in total. The number of hydrogen-bond donors (Lipinski definition) is 0. The van der Waals surface area contributed by atoms with Gasteiger partial charge in [0.2, 0.25) is 0 Å². The topological polar surface area (TPSA) is 91.8 Å². The Morgan fingerprint density at radius 3 is 1.38 bits per heavy atom. The van der Waals surface area contributed by atoms with Gasteiger partial charge >= 0.3 is 0 Å². The van der Waals surface area contributed by atoms with Crippen molar-refractivity contribution >= 4 is 29.4 Å². The highest BCUT2D eigenvalue weighted by atomic mass is 16.2. The van der Waals surface area contributed by atoms with E-state index >= 15 is 0 Å². The van der Waals surface area contributed by atoms with Gasteiger partial charge in [0.15, 0.2) is 5.78 Å². The van der Waals surface area contributed by atoms with Crippen molar-refractivity contribution in [3.63, 3.8) is 0 Å². The van der Waals surface area contributed by atoms with E-state index in [1.165, 1.54) is 54.6 Å². The second-order valence-electron chi connectivity index (χ2n) is 12.0. The SMILES string of the molecule is CC(C)C.CC(C)N1C(=O)c2ccc(C(=O)c3ccc4c(c3)C(=O)N(C)C4=O)cc2C1=O.c1ccc(Cc2ccccc2)cc1. The molecule has 4 amide bonds. The van der Waals surface area contributed by atoms with E-state index in [9.17, 15) is 24.0 Å². The maximum Gasteiger partial charge on any atom is 0.261 e. The van der Waals surface area contributed by atoms with Crippen LogP contribution < -0.4 is 0 Å². The number of fused-ring (bicyclic) bond motifs is 2. The number of ketones is 1. The van der Waals surface area contributed by atoms with Gasteiger partial charge in [-0.3, -0.25) is 33.8 Å². The molecule has 0 spiro atoms. The summed E-state index contributed by atoms with van der Waals surface area (Å²) in [6.45, 7) is 9.99. The summed E-state index contributed by atoms with van der Waals surface area (Å²) in [6, 6.07) is 29.5. The smallest absolute Gasteiger partial charge is 0.261 e. The molecule has 45 heavy (non-hydrogen) atoms. The van der Waals surface area contributed by atoms with Crippen LogP contribution in [0.3, 0.4) is 0 Å². The van der Waals surface area contributed by atoms with Crippen LogP contribution in [0.15, 0.2) is 97.1 Å². The lowest BCUT2D eigenvalue weighted by Gasteiger charge is -2.17. The molecule has 0 saturated carbocycles. The van der Waals surface area contributed by atoms with Gasteiger partial charge in [0.1, 0.15) is 0 Å². The van der Waals surface area contributed by atoms with E-state index in [1.54, 1.807) is 13.8 Å². The third-order valence-electron chi connectivity index (χ3n) is 7.14. The van der Waals surface area contributed by atoms with E-state index < -0.39 is 23.5 Å². The number of amides is 4. The largest absolute Gasteiger partial charge is 0.289 e. The molecule has 0 bridgehead atoms. The van der Waals surface area contributed by atoms with E-state index in [0.717, 1.165) is 22.1 Å². The molecule has 4 aromatic rings. The Labute approximate surface area is 264 Å². The zero-order chi connectivity index (χ0) is 32.8. The van der Waals surface area contributed by atoms with Gasteiger partial charge in [0.25, 0.3) is 23.6 Å². The maximum atomic E-state index is 12.9. The Hall–Kier alpha value is -5.17. The number of benzene rings is 4. The van der Waals surface area contributed by atoms with Crippen LogP contribution in [0.5, 0.6) is 0 Å². The van der Waals surface area contributed by atoms with Gasteiger partial charge in [-0.05, 0) is 61.6 Å². The molecule has 0 aliphatic carbocycles. The number of carbonyl (C=O) groups is 5. The van der Waals surface area contributed by atoms with Crippen molar-refractivity contribution in [1.29, 1.82) is 0 Å². The fourth-order valence-electron chi connectivity index (χ4n) is 4.97. The molecule has 0 N–H and O–H groups in total. The summed E-state index contributed by atoms with van der Waals surface area (Å²) >= 11 is 0. The molecular formula is C38H38N2O5. The molecule has 2 aliphatic rings. The molecular weight excluding hydrogens is 564 g/mol. The first kappa shape index (κ1) is 32.7. The Morgan fingerprint density at radius 2 is 0.933 bits per heavy atom. The number of hydrogen-bond acceptors (Lipinski definition) is 5. The maximum absolute atomic E-state index is 12.9. The normalized spacial score (nSPS) is 13.3. The number of carbonyl (C=O) groups excluding carboxylic acids is 5. The molecule has 0 atom stereocenters. The van der Waals surface area contributed by atoms with Gasteiger partial charge in [-0.1, -0.05) is 93.6 Å². The molecule has 6 rings (SSSR count). The highest BCUT2D eigenvalue weighted by molar-refractivity contribution is 6.24. The lowest BCUT2D eigenvalue weighted by molar-refractivity contribution is 0.0606. The van der Waals surface area contributed by atoms with Gasteiger partial charge < -0.3 is 0 Å². The van der Waals surface area contributed by atoms with E-state index in [0.29, 0.717) is 0 Å². The molecule has 230 valence electrons. The van der Waals surface area contributed by atoms with Crippen molar-refractivity contribution in [1.82, 2.24) is 9.80 Å². The summed E-state index contributed by atoms with van der Waals surface area (Å²) in [7, 11) is 1.38. The van der Waals surface area contributed by atoms with Crippen molar-refractivity contribution in [2.75, 3.05) is 7.05 Å². The van der Waals surface area contributed by atoms with Crippen LogP contribution in [0.2, 0.25) is 0 Å². The average molecular weight is 603 g/mol. The molecule has 0 radical (unpaired) electrons. The Morgan fingerprint density at radius 1 is 0.556 bits per heavy atom. The van der Waals surface area contributed by atoms with Gasteiger partial charge in [-0.25, -0.2) is 0 Å². The molecule has 2 heterocycles. The number of rotatable bonds is 5. The summed E-state index contributed by atoms with van der Waals surface area (Å²) < 4.78 is 0. The fourth-order valence-corrected chi connectivity index (χ4v) is 4.97. The van der Waals surface area contributed by atoms with Gasteiger partial charge in [-0.15, -0.1) is 0 Å². The lowest BCUT2D eigenvalue weighted by Crippen LogP contribution is -2.35. The first-order chi connectivity index (χ1) is 21.4. The van der Waals surface area contributed by atoms with E-state index in [1.807, 2.05) is 0 Å². The van der Waals surface area contributed by atoms with Crippen molar-refractivity contribution in [3.8, 4) is 0 Å². The first-order valence-electron chi connectivity index (χ1n) is 15.0. The van der Waals surface area contributed by atoms with Crippen LogP contribution in [0.1, 0.15) is 103 Å². The minimum absolute atomic E-state index is 0.178. The minimum Gasteiger partial charge on any atom is -0.289 e. The average Bonchev–Trinajstić information content (AvgIpc) is 3.40. The predicted octanol–water partition coefficient (Wildman–Crippen LogP) is 7.09. The minimum atomic E-state index is -0.461. The summed E-state index contributed by atoms with van der Waals surface area (Å²) in [5.74, 6) is -1.24. The summed E-state index contributed by atoms with van der Waals surface area (Å²) in [4.78, 5) is 64.1. The zero-order valence-electron chi connectivity index (χ0n) is 26.5.